The molecule has 0 spiro atoms. The Morgan fingerprint density at radius 1 is 0.840 bits per heavy atom. The summed E-state index contributed by atoms with van der Waals surface area (Å²) in [5.74, 6) is -0.237. The van der Waals surface area contributed by atoms with E-state index in [1.807, 2.05) is 18.2 Å². The van der Waals surface area contributed by atoms with Gasteiger partial charge in [0.1, 0.15) is 5.82 Å². The molecular formula is C20H17FN2O2. The zero-order chi connectivity index (χ0) is 17.6. The first-order valence-electron chi connectivity index (χ1n) is 7.91. The predicted octanol–water partition coefficient (Wildman–Crippen LogP) is 4.69. The van der Waals surface area contributed by atoms with Crippen LogP contribution in [0.2, 0.25) is 0 Å². The lowest BCUT2D eigenvalue weighted by Crippen LogP contribution is -2.12. The zero-order valence-corrected chi connectivity index (χ0v) is 13.5. The summed E-state index contributed by atoms with van der Waals surface area (Å²) in [7, 11) is 0. The SMILES string of the molecule is O=[N+]([O-])c1ccc(-c2cccc(CNCc3ccc(F)cc3)c2)cc1. The lowest BCUT2D eigenvalue weighted by atomic mass is 10.0. The number of nitro groups is 1. The molecule has 0 fully saturated rings. The number of nitrogens with zero attached hydrogens (tertiary/aromatic N) is 1. The smallest absolute Gasteiger partial charge is 0.269 e. The summed E-state index contributed by atoms with van der Waals surface area (Å²) in [6.45, 7) is 1.33. The highest BCUT2D eigenvalue weighted by atomic mass is 19.1. The second-order valence-electron chi connectivity index (χ2n) is 5.73. The van der Waals surface area contributed by atoms with E-state index in [1.54, 1.807) is 24.3 Å². The minimum Gasteiger partial charge on any atom is -0.309 e. The molecule has 0 aliphatic carbocycles. The van der Waals surface area contributed by atoms with Crippen molar-refractivity contribution in [2.45, 2.75) is 13.1 Å². The normalized spacial score (nSPS) is 10.6. The molecule has 126 valence electrons. The molecule has 0 bridgehead atoms. The molecule has 1 N–H and O–H groups in total. The number of non-ortho nitro benzene ring substituents is 1. The summed E-state index contributed by atoms with van der Waals surface area (Å²) in [5, 5.41) is 14.1. The van der Waals surface area contributed by atoms with E-state index < -0.39 is 4.92 Å². The molecule has 0 atom stereocenters. The Hall–Kier alpha value is -3.05. The summed E-state index contributed by atoms with van der Waals surface area (Å²) in [5.41, 5.74) is 4.16. The molecule has 4 nitrogen and oxygen atoms in total. The van der Waals surface area contributed by atoms with Gasteiger partial charge < -0.3 is 5.32 Å². The van der Waals surface area contributed by atoms with Gasteiger partial charge in [0.25, 0.3) is 5.69 Å². The van der Waals surface area contributed by atoms with Gasteiger partial charge >= 0.3 is 0 Å². The van der Waals surface area contributed by atoms with Crippen molar-refractivity contribution in [1.82, 2.24) is 5.32 Å². The quantitative estimate of drug-likeness (QED) is 0.525. The maximum absolute atomic E-state index is 12.9. The van der Waals surface area contributed by atoms with Crippen LogP contribution < -0.4 is 5.32 Å². The summed E-state index contributed by atoms with van der Waals surface area (Å²) in [6.07, 6.45) is 0. The van der Waals surface area contributed by atoms with Gasteiger partial charge in [0, 0.05) is 25.2 Å². The fourth-order valence-corrected chi connectivity index (χ4v) is 2.59. The maximum Gasteiger partial charge on any atom is 0.269 e. The number of nitrogens with one attached hydrogen (secondary N) is 1. The van der Waals surface area contributed by atoms with Crippen molar-refractivity contribution in [1.29, 1.82) is 0 Å². The van der Waals surface area contributed by atoms with E-state index in [0.29, 0.717) is 13.1 Å². The molecule has 0 aromatic heterocycles. The van der Waals surface area contributed by atoms with Gasteiger partial charge in [-0.2, -0.15) is 0 Å². The van der Waals surface area contributed by atoms with Crippen molar-refractivity contribution in [3.63, 3.8) is 0 Å². The fraction of sp³-hybridized carbons (Fsp3) is 0.100. The largest absolute Gasteiger partial charge is 0.309 e. The molecule has 3 aromatic carbocycles. The Morgan fingerprint density at radius 2 is 1.52 bits per heavy atom. The van der Waals surface area contributed by atoms with Crippen molar-refractivity contribution in [3.05, 3.63) is 99.9 Å². The summed E-state index contributed by atoms with van der Waals surface area (Å²) >= 11 is 0. The molecule has 0 aliphatic heterocycles. The van der Waals surface area contributed by atoms with Crippen LogP contribution in [-0.2, 0) is 13.1 Å². The molecule has 0 unspecified atom stereocenters. The molecule has 0 heterocycles. The standard InChI is InChI=1S/C20H17FN2O2/c21-19-8-4-15(5-9-19)13-22-14-16-2-1-3-18(12-16)17-6-10-20(11-7-17)23(24)25/h1-12,22H,13-14H2. The van der Waals surface area contributed by atoms with Gasteiger partial charge in [-0.25, -0.2) is 4.39 Å². The second kappa shape index (κ2) is 7.68. The van der Waals surface area contributed by atoms with Crippen LogP contribution in [0.1, 0.15) is 11.1 Å². The molecule has 0 aliphatic rings. The van der Waals surface area contributed by atoms with Crippen molar-refractivity contribution in [2.24, 2.45) is 0 Å². The number of nitro benzene ring substituents is 1. The first-order valence-corrected chi connectivity index (χ1v) is 7.91. The first kappa shape index (κ1) is 16.8. The molecule has 25 heavy (non-hydrogen) atoms. The Balaban J connectivity index is 1.64. The third kappa shape index (κ3) is 4.49. The van der Waals surface area contributed by atoms with E-state index in [-0.39, 0.29) is 11.5 Å². The lowest BCUT2D eigenvalue weighted by Gasteiger charge is -2.08. The van der Waals surface area contributed by atoms with Crippen molar-refractivity contribution in [3.8, 4) is 11.1 Å². The molecule has 0 radical (unpaired) electrons. The van der Waals surface area contributed by atoms with Crippen molar-refractivity contribution < 1.29 is 9.31 Å². The highest BCUT2D eigenvalue weighted by molar-refractivity contribution is 5.65. The number of hydrogen-bond donors (Lipinski definition) is 1. The van der Waals surface area contributed by atoms with Gasteiger partial charge in [0.15, 0.2) is 0 Å². The number of benzene rings is 3. The molecule has 5 heteroatoms. The van der Waals surface area contributed by atoms with Crippen LogP contribution in [0.3, 0.4) is 0 Å². The Labute approximate surface area is 145 Å². The van der Waals surface area contributed by atoms with E-state index in [0.717, 1.165) is 22.3 Å². The minimum atomic E-state index is -0.403. The second-order valence-corrected chi connectivity index (χ2v) is 5.73. The topological polar surface area (TPSA) is 55.2 Å². The van der Waals surface area contributed by atoms with Crippen molar-refractivity contribution in [2.75, 3.05) is 0 Å². The summed E-state index contributed by atoms with van der Waals surface area (Å²) in [4.78, 5) is 10.3. The average Bonchev–Trinajstić information content (AvgIpc) is 2.64. The fourth-order valence-electron chi connectivity index (χ4n) is 2.59. The molecule has 3 aromatic rings. The molecule has 0 saturated heterocycles. The highest BCUT2D eigenvalue weighted by Gasteiger charge is 2.05. The first-order chi connectivity index (χ1) is 12.1. The van der Waals surface area contributed by atoms with E-state index in [2.05, 4.69) is 11.4 Å². The van der Waals surface area contributed by atoms with Crippen LogP contribution in [0, 0.1) is 15.9 Å². The molecular weight excluding hydrogens is 319 g/mol. The van der Waals surface area contributed by atoms with Gasteiger partial charge in [-0.1, -0.05) is 30.3 Å². The van der Waals surface area contributed by atoms with Crippen LogP contribution in [0.5, 0.6) is 0 Å². The number of rotatable bonds is 6. The molecule has 3 rings (SSSR count). The van der Waals surface area contributed by atoms with Gasteiger partial charge in [0.05, 0.1) is 4.92 Å². The number of hydrogen-bond acceptors (Lipinski definition) is 3. The monoisotopic (exact) mass is 336 g/mol. The van der Waals surface area contributed by atoms with Crippen LogP contribution in [0.15, 0.2) is 72.8 Å². The number of halogens is 1. The van der Waals surface area contributed by atoms with Crippen LogP contribution >= 0.6 is 0 Å². The van der Waals surface area contributed by atoms with Gasteiger partial charge in [-0.15, -0.1) is 0 Å². The zero-order valence-electron chi connectivity index (χ0n) is 13.5. The van der Waals surface area contributed by atoms with E-state index in [9.17, 15) is 14.5 Å². The van der Waals surface area contributed by atoms with Gasteiger partial charge in [-0.3, -0.25) is 10.1 Å². The predicted molar refractivity (Wildman–Crippen MR) is 95.5 cm³/mol. The Bertz CT molecular complexity index is 862. The molecule has 0 saturated carbocycles. The third-order valence-corrected chi connectivity index (χ3v) is 3.91. The average molecular weight is 336 g/mol. The molecule has 0 amide bonds. The van der Waals surface area contributed by atoms with Crippen molar-refractivity contribution >= 4 is 5.69 Å². The summed E-state index contributed by atoms with van der Waals surface area (Å²) < 4.78 is 12.9. The Kier molecular flexibility index (Phi) is 5.16. The van der Waals surface area contributed by atoms with E-state index >= 15 is 0 Å². The van der Waals surface area contributed by atoms with Crippen LogP contribution in [-0.4, -0.2) is 4.92 Å². The third-order valence-electron chi connectivity index (χ3n) is 3.91. The Morgan fingerprint density at radius 3 is 2.20 bits per heavy atom. The van der Waals surface area contributed by atoms with Gasteiger partial charge in [0.2, 0.25) is 0 Å². The lowest BCUT2D eigenvalue weighted by molar-refractivity contribution is -0.384. The van der Waals surface area contributed by atoms with Crippen LogP contribution in [0.25, 0.3) is 11.1 Å². The van der Waals surface area contributed by atoms with E-state index in [1.165, 1.54) is 24.3 Å². The summed E-state index contributed by atoms with van der Waals surface area (Å²) in [6, 6.07) is 21.0. The maximum atomic E-state index is 12.9. The minimum absolute atomic E-state index is 0.0841. The van der Waals surface area contributed by atoms with Crippen LogP contribution in [0.4, 0.5) is 10.1 Å². The van der Waals surface area contributed by atoms with Gasteiger partial charge in [-0.05, 0) is 52.6 Å². The highest BCUT2D eigenvalue weighted by Crippen LogP contribution is 2.23. The van der Waals surface area contributed by atoms with E-state index in [4.69, 9.17) is 0 Å².